The van der Waals surface area contributed by atoms with Gasteiger partial charge in [0.25, 0.3) is 0 Å². The summed E-state index contributed by atoms with van der Waals surface area (Å²) >= 11 is 3.48. The highest BCUT2D eigenvalue weighted by Crippen LogP contribution is 2.30. The Kier molecular flexibility index (Phi) is 3.62. The van der Waals surface area contributed by atoms with Crippen LogP contribution in [0.4, 0.5) is 5.82 Å². The Morgan fingerprint density at radius 3 is 2.76 bits per heavy atom. The van der Waals surface area contributed by atoms with Crippen molar-refractivity contribution >= 4 is 21.7 Å². The van der Waals surface area contributed by atoms with Crippen molar-refractivity contribution in [3.05, 3.63) is 53.5 Å². The van der Waals surface area contributed by atoms with E-state index in [-0.39, 0.29) is 0 Å². The van der Waals surface area contributed by atoms with Crippen molar-refractivity contribution < 1.29 is 4.74 Å². The average molecular weight is 345 g/mol. The molecule has 0 aliphatic heterocycles. The molecule has 1 aromatic carbocycles. The summed E-state index contributed by atoms with van der Waals surface area (Å²) in [5, 5.41) is 0. The normalized spacial score (nSPS) is 10.6. The van der Waals surface area contributed by atoms with Crippen molar-refractivity contribution in [1.29, 1.82) is 0 Å². The zero-order chi connectivity index (χ0) is 14.8. The minimum absolute atomic E-state index is 0.491. The SMILES string of the molecule is COc1ccc(Br)cc1-n1cncc1-c1ccc(N)nc1. The molecule has 0 unspecified atom stereocenters. The molecular weight excluding hydrogens is 332 g/mol. The van der Waals surface area contributed by atoms with Gasteiger partial charge in [0.1, 0.15) is 11.6 Å². The maximum Gasteiger partial charge on any atom is 0.142 e. The summed E-state index contributed by atoms with van der Waals surface area (Å²) in [5.74, 6) is 1.26. The van der Waals surface area contributed by atoms with Crippen LogP contribution in [0.5, 0.6) is 5.75 Å². The summed E-state index contributed by atoms with van der Waals surface area (Å²) in [6, 6.07) is 9.51. The molecule has 0 radical (unpaired) electrons. The molecular formula is C15H13BrN4O. The lowest BCUT2D eigenvalue weighted by molar-refractivity contribution is 0.413. The number of hydrogen-bond acceptors (Lipinski definition) is 4. The molecule has 0 fully saturated rings. The topological polar surface area (TPSA) is 66.0 Å². The number of anilines is 1. The number of aromatic nitrogens is 3. The van der Waals surface area contributed by atoms with Gasteiger partial charge in [0, 0.05) is 16.2 Å². The van der Waals surface area contributed by atoms with Crippen LogP contribution in [0.3, 0.4) is 0 Å². The smallest absolute Gasteiger partial charge is 0.142 e. The molecule has 21 heavy (non-hydrogen) atoms. The number of ether oxygens (including phenoxy) is 1. The van der Waals surface area contributed by atoms with E-state index in [0.29, 0.717) is 5.82 Å². The van der Waals surface area contributed by atoms with Crippen LogP contribution in [0.15, 0.2) is 53.5 Å². The van der Waals surface area contributed by atoms with Crippen LogP contribution in [0.2, 0.25) is 0 Å². The van der Waals surface area contributed by atoms with E-state index in [1.165, 1.54) is 0 Å². The lowest BCUT2D eigenvalue weighted by Gasteiger charge is -2.13. The Bertz CT molecular complexity index is 768. The molecule has 0 aliphatic carbocycles. The Hall–Kier alpha value is -2.34. The lowest BCUT2D eigenvalue weighted by atomic mass is 10.2. The predicted molar refractivity (Wildman–Crippen MR) is 85.5 cm³/mol. The van der Waals surface area contributed by atoms with E-state index >= 15 is 0 Å². The zero-order valence-corrected chi connectivity index (χ0v) is 12.9. The maximum absolute atomic E-state index is 5.64. The summed E-state index contributed by atoms with van der Waals surface area (Å²) in [6.07, 6.45) is 5.26. The van der Waals surface area contributed by atoms with Gasteiger partial charge < -0.3 is 10.5 Å². The number of nitrogens with two attached hydrogens (primary N) is 1. The van der Waals surface area contributed by atoms with Gasteiger partial charge in [-0.2, -0.15) is 0 Å². The van der Waals surface area contributed by atoms with Crippen LogP contribution in [0, 0.1) is 0 Å². The number of rotatable bonds is 3. The highest BCUT2D eigenvalue weighted by atomic mass is 79.9. The molecule has 0 bridgehead atoms. The van der Waals surface area contributed by atoms with Gasteiger partial charge in [-0.1, -0.05) is 15.9 Å². The highest BCUT2D eigenvalue weighted by Gasteiger charge is 2.12. The van der Waals surface area contributed by atoms with Crippen molar-refractivity contribution in [1.82, 2.24) is 14.5 Å². The number of nitrogen functional groups attached to an aromatic ring is 1. The van der Waals surface area contributed by atoms with Gasteiger partial charge in [0.05, 0.1) is 31.0 Å². The van der Waals surface area contributed by atoms with E-state index in [0.717, 1.165) is 27.2 Å². The molecule has 3 rings (SSSR count). The average Bonchev–Trinajstić information content (AvgIpc) is 2.97. The molecule has 106 valence electrons. The van der Waals surface area contributed by atoms with Crippen molar-refractivity contribution in [3.8, 4) is 22.7 Å². The first-order valence-corrected chi connectivity index (χ1v) is 7.06. The van der Waals surface area contributed by atoms with Crippen LogP contribution >= 0.6 is 15.9 Å². The Morgan fingerprint density at radius 1 is 1.19 bits per heavy atom. The number of benzene rings is 1. The first kappa shape index (κ1) is 13.6. The third-order valence-corrected chi connectivity index (χ3v) is 3.61. The largest absolute Gasteiger partial charge is 0.495 e. The molecule has 3 aromatic rings. The molecule has 0 amide bonds. The van der Waals surface area contributed by atoms with Crippen LogP contribution < -0.4 is 10.5 Å². The summed E-state index contributed by atoms with van der Waals surface area (Å²) in [7, 11) is 1.65. The van der Waals surface area contributed by atoms with Gasteiger partial charge >= 0.3 is 0 Å². The second kappa shape index (κ2) is 5.57. The fraction of sp³-hybridized carbons (Fsp3) is 0.0667. The molecule has 2 aromatic heterocycles. The molecule has 2 N–H and O–H groups in total. The summed E-state index contributed by atoms with van der Waals surface area (Å²) in [5.41, 5.74) is 8.38. The predicted octanol–water partition coefficient (Wildman–Crippen LogP) is 3.29. The van der Waals surface area contributed by atoms with Gasteiger partial charge in [-0.25, -0.2) is 9.97 Å². The first-order chi connectivity index (χ1) is 10.2. The number of nitrogens with zero attached hydrogens (tertiary/aromatic N) is 3. The fourth-order valence-corrected chi connectivity index (χ4v) is 2.46. The Balaban J connectivity index is 2.15. The zero-order valence-electron chi connectivity index (χ0n) is 11.3. The molecule has 0 atom stereocenters. The molecule has 0 saturated heterocycles. The van der Waals surface area contributed by atoms with Crippen LogP contribution in [0.25, 0.3) is 16.9 Å². The van der Waals surface area contributed by atoms with Crippen molar-refractivity contribution in [2.45, 2.75) is 0 Å². The summed E-state index contributed by atoms with van der Waals surface area (Å²) < 4.78 is 8.35. The van der Waals surface area contributed by atoms with Crippen molar-refractivity contribution in [2.75, 3.05) is 12.8 Å². The monoisotopic (exact) mass is 344 g/mol. The second-order valence-corrected chi connectivity index (χ2v) is 5.35. The molecule has 0 aliphatic rings. The van der Waals surface area contributed by atoms with Gasteiger partial charge in [0.2, 0.25) is 0 Å². The first-order valence-electron chi connectivity index (χ1n) is 6.27. The number of hydrogen-bond donors (Lipinski definition) is 1. The third kappa shape index (κ3) is 2.62. The molecule has 6 heteroatoms. The molecule has 5 nitrogen and oxygen atoms in total. The van der Waals surface area contributed by atoms with Crippen LogP contribution in [-0.2, 0) is 0 Å². The van der Waals surface area contributed by atoms with E-state index in [1.807, 2.05) is 28.8 Å². The molecule has 2 heterocycles. The number of methoxy groups -OCH3 is 1. The van der Waals surface area contributed by atoms with E-state index < -0.39 is 0 Å². The van der Waals surface area contributed by atoms with E-state index in [2.05, 4.69) is 25.9 Å². The third-order valence-electron chi connectivity index (χ3n) is 3.12. The van der Waals surface area contributed by atoms with Crippen LogP contribution in [-0.4, -0.2) is 21.6 Å². The maximum atomic E-state index is 5.64. The van der Waals surface area contributed by atoms with Crippen molar-refractivity contribution in [3.63, 3.8) is 0 Å². The van der Waals surface area contributed by atoms with Gasteiger partial charge in [-0.15, -0.1) is 0 Å². The summed E-state index contributed by atoms with van der Waals surface area (Å²) in [6.45, 7) is 0. The lowest BCUT2D eigenvalue weighted by Crippen LogP contribution is -1.99. The minimum atomic E-state index is 0.491. The standard InChI is InChI=1S/C15H13BrN4O/c1-21-14-4-3-11(16)6-12(14)20-9-18-8-13(20)10-2-5-15(17)19-7-10/h2-9H,1H3,(H2,17,19). The van der Waals surface area contributed by atoms with Crippen molar-refractivity contribution in [2.24, 2.45) is 0 Å². The summed E-state index contributed by atoms with van der Waals surface area (Å²) in [4.78, 5) is 8.36. The number of halogens is 1. The van der Waals surface area contributed by atoms with Gasteiger partial charge in [0.15, 0.2) is 0 Å². The number of pyridine rings is 1. The highest BCUT2D eigenvalue weighted by molar-refractivity contribution is 9.10. The van der Waals surface area contributed by atoms with E-state index in [4.69, 9.17) is 10.5 Å². The Labute approximate surface area is 130 Å². The van der Waals surface area contributed by atoms with Gasteiger partial charge in [-0.3, -0.25) is 4.57 Å². The minimum Gasteiger partial charge on any atom is -0.495 e. The van der Waals surface area contributed by atoms with E-state index in [1.54, 1.807) is 31.9 Å². The quantitative estimate of drug-likeness (QED) is 0.791. The van der Waals surface area contributed by atoms with E-state index in [9.17, 15) is 0 Å². The van der Waals surface area contributed by atoms with Crippen LogP contribution in [0.1, 0.15) is 0 Å². The fourth-order valence-electron chi connectivity index (χ4n) is 2.11. The molecule has 0 saturated carbocycles. The Morgan fingerprint density at radius 2 is 2.05 bits per heavy atom. The second-order valence-electron chi connectivity index (χ2n) is 4.44. The number of imidazole rings is 1. The van der Waals surface area contributed by atoms with Gasteiger partial charge in [-0.05, 0) is 30.3 Å². The molecule has 0 spiro atoms.